The van der Waals surface area contributed by atoms with Crippen LogP contribution in [-0.2, 0) is 11.3 Å². The number of hydrazone groups is 1. The van der Waals surface area contributed by atoms with Crippen molar-refractivity contribution >= 4 is 29.5 Å². The molecule has 0 saturated heterocycles. The largest absolute Gasteiger partial charge is 0.493 e. The van der Waals surface area contributed by atoms with Crippen molar-refractivity contribution in [2.45, 2.75) is 6.61 Å². The number of ether oxygens (including phenoxy) is 3. The second-order valence-electron chi connectivity index (χ2n) is 4.91. The van der Waals surface area contributed by atoms with Gasteiger partial charge in [-0.05, 0) is 48.1 Å². The number of carbonyl (C=O) groups is 1. The quantitative estimate of drug-likeness (QED) is 0.328. The molecule has 1 aromatic heterocycles. The molecular formula is C17H19N3O5S. The lowest BCUT2D eigenvalue weighted by Gasteiger charge is -2.10. The summed E-state index contributed by atoms with van der Waals surface area (Å²) in [6.45, 7) is 0.138. The highest BCUT2D eigenvalue weighted by Crippen LogP contribution is 2.28. The predicted molar refractivity (Wildman–Crippen MR) is 99.8 cm³/mol. The van der Waals surface area contributed by atoms with Gasteiger partial charge in [-0.3, -0.25) is 5.43 Å². The van der Waals surface area contributed by atoms with Crippen LogP contribution >= 0.6 is 12.2 Å². The van der Waals surface area contributed by atoms with Crippen LogP contribution in [0.3, 0.4) is 0 Å². The molecule has 0 aliphatic carbocycles. The minimum Gasteiger partial charge on any atom is -0.493 e. The summed E-state index contributed by atoms with van der Waals surface area (Å²) in [5, 5.41) is 7.17. The SMILES string of the molecule is CNC(=S)N/N=C/c1ccc(OCc2ccc(C(=O)OC)o2)c(OC)c1. The molecule has 0 amide bonds. The first-order valence-electron chi connectivity index (χ1n) is 7.56. The summed E-state index contributed by atoms with van der Waals surface area (Å²) in [6, 6.07) is 8.51. The van der Waals surface area contributed by atoms with Crippen LogP contribution in [0.4, 0.5) is 0 Å². The number of benzene rings is 1. The van der Waals surface area contributed by atoms with Crippen LogP contribution in [0.15, 0.2) is 39.9 Å². The van der Waals surface area contributed by atoms with Gasteiger partial charge < -0.3 is 23.9 Å². The topological polar surface area (TPSA) is 94.3 Å². The molecule has 0 bridgehead atoms. The van der Waals surface area contributed by atoms with Gasteiger partial charge in [-0.25, -0.2) is 4.79 Å². The Labute approximate surface area is 156 Å². The van der Waals surface area contributed by atoms with E-state index in [2.05, 4.69) is 20.6 Å². The molecule has 9 heteroatoms. The molecule has 1 heterocycles. The molecule has 2 N–H and O–H groups in total. The van der Waals surface area contributed by atoms with Crippen LogP contribution in [0.5, 0.6) is 11.5 Å². The van der Waals surface area contributed by atoms with E-state index < -0.39 is 5.97 Å². The summed E-state index contributed by atoms with van der Waals surface area (Å²) in [5.41, 5.74) is 3.46. The Morgan fingerprint density at radius 1 is 1.27 bits per heavy atom. The molecule has 2 aromatic rings. The maximum absolute atomic E-state index is 11.4. The lowest BCUT2D eigenvalue weighted by Crippen LogP contribution is -2.28. The van der Waals surface area contributed by atoms with Gasteiger partial charge in [0.25, 0.3) is 0 Å². The van der Waals surface area contributed by atoms with Crippen LogP contribution in [0.1, 0.15) is 21.9 Å². The monoisotopic (exact) mass is 377 g/mol. The van der Waals surface area contributed by atoms with Crippen molar-refractivity contribution in [1.29, 1.82) is 0 Å². The lowest BCUT2D eigenvalue weighted by atomic mass is 10.2. The second kappa shape index (κ2) is 9.42. The molecular weight excluding hydrogens is 358 g/mol. The molecule has 26 heavy (non-hydrogen) atoms. The zero-order valence-corrected chi connectivity index (χ0v) is 15.4. The highest BCUT2D eigenvalue weighted by molar-refractivity contribution is 7.80. The van der Waals surface area contributed by atoms with Crippen molar-refractivity contribution in [2.75, 3.05) is 21.3 Å². The fourth-order valence-electron chi connectivity index (χ4n) is 1.92. The maximum atomic E-state index is 11.4. The highest BCUT2D eigenvalue weighted by atomic mass is 32.1. The first-order valence-corrected chi connectivity index (χ1v) is 7.97. The Kier molecular flexibility index (Phi) is 6.98. The minimum atomic E-state index is -0.538. The van der Waals surface area contributed by atoms with Gasteiger partial charge in [0.15, 0.2) is 16.6 Å². The third kappa shape index (κ3) is 5.21. The number of esters is 1. The van der Waals surface area contributed by atoms with Gasteiger partial charge in [0.1, 0.15) is 12.4 Å². The fourth-order valence-corrected chi connectivity index (χ4v) is 1.97. The minimum absolute atomic E-state index is 0.122. The van der Waals surface area contributed by atoms with E-state index >= 15 is 0 Å². The zero-order chi connectivity index (χ0) is 18.9. The molecule has 1 aromatic carbocycles. The average molecular weight is 377 g/mol. The molecule has 0 radical (unpaired) electrons. The maximum Gasteiger partial charge on any atom is 0.373 e. The Hall–Kier alpha value is -3.07. The van der Waals surface area contributed by atoms with E-state index in [9.17, 15) is 4.79 Å². The molecule has 2 rings (SSSR count). The summed E-state index contributed by atoms with van der Waals surface area (Å²) >= 11 is 4.93. The number of nitrogens with zero attached hydrogens (tertiary/aromatic N) is 1. The summed E-state index contributed by atoms with van der Waals surface area (Å²) < 4.78 is 21.0. The van der Waals surface area contributed by atoms with E-state index in [4.69, 9.17) is 26.1 Å². The number of carbonyl (C=O) groups excluding carboxylic acids is 1. The summed E-state index contributed by atoms with van der Waals surface area (Å²) in [4.78, 5) is 11.4. The number of hydrogen-bond donors (Lipinski definition) is 2. The third-order valence-corrected chi connectivity index (χ3v) is 3.51. The molecule has 8 nitrogen and oxygen atoms in total. The van der Waals surface area contributed by atoms with Crippen LogP contribution in [0, 0.1) is 0 Å². The summed E-state index contributed by atoms with van der Waals surface area (Å²) in [5.74, 6) is 1.13. The second-order valence-corrected chi connectivity index (χ2v) is 5.31. The van der Waals surface area contributed by atoms with Gasteiger partial charge >= 0.3 is 5.97 Å². The van der Waals surface area contributed by atoms with Crippen molar-refractivity contribution in [3.05, 3.63) is 47.4 Å². The highest BCUT2D eigenvalue weighted by Gasteiger charge is 2.12. The Bertz CT molecular complexity index is 803. The summed E-state index contributed by atoms with van der Waals surface area (Å²) in [6.07, 6.45) is 1.60. The molecule has 0 saturated carbocycles. The van der Waals surface area contributed by atoms with Gasteiger partial charge in [-0.1, -0.05) is 0 Å². The molecule has 0 atom stereocenters. The van der Waals surface area contributed by atoms with Crippen molar-refractivity contribution in [1.82, 2.24) is 10.7 Å². The fraction of sp³-hybridized carbons (Fsp3) is 0.235. The Morgan fingerprint density at radius 2 is 2.08 bits per heavy atom. The van der Waals surface area contributed by atoms with Crippen molar-refractivity contribution in [2.24, 2.45) is 5.10 Å². The number of thiocarbonyl (C=S) groups is 1. The number of furan rings is 1. The molecule has 0 unspecified atom stereocenters. The number of rotatable bonds is 7. The number of hydrogen-bond acceptors (Lipinski definition) is 7. The van der Waals surface area contributed by atoms with E-state index in [1.165, 1.54) is 13.2 Å². The number of methoxy groups -OCH3 is 2. The molecule has 0 aliphatic heterocycles. The lowest BCUT2D eigenvalue weighted by molar-refractivity contribution is 0.0561. The van der Waals surface area contributed by atoms with E-state index in [1.54, 1.807) is 38.6 Å². The summed E-state index contributed by atoms with van der Waals surface area (Å²) in [7, 11) is 4.53. The van der Waals surface area contributed by atoms with Crippen molar-refractivity contribution in [3.63, 3.8) is 0 Å². The molecule has 138 valence electrons. The van der Waals surface area contributed by atoms with Gasteiger partial charge in [0, 0.05) is 7.05 Å². The predicted octanol–water partition coefficient (Wildman–Crippen LogP) is 2.08. The van der Waals surface area contributed by atoms with Crippen molar-refractivity contribution in [3.8, 4) is 11.5 Å². The van der Waals surface area contributed by atoms with E-state index in [0.29, 0.717) is 22.4 Å². The van der Waals surface area contributed by atoms with E-state index in [-0.39, 0.29) is 12.4 Å². The van der Waals surface area contributed by atoms with E-state index in [1.807, 2.05) is 6.07 Å². The van der Waals surface area contributed by atoms with Crippen LogP contribution in [-0.4, -0.2) is 38.6 Å². The standard InChI is InChI=1S/C17H19N3O5S/c1-18-17(26)20-19-9-11-4-6-13(15(8-11)22-2)24-10-12-5-7-14(25-12)16(21)23-3/h4-9H,10H2,1-3H3,(H2,18,20,26)/b19-9+. The zero-order valence-electron chi connectivity index (χ0n) is 14.6. The smallest absolute Gasteiger partial charge is 0.373 e. The Balaban J connectivity index is 2.02. The molecule has 0 aliphatic rings. The van der Waals surface area contributed by atoms with Gasteiger partial charge in [-0.15, -0.1) is 0 Å². The van der Waals surface area contributed by atoms with Crippen LogP contribution in [0.2, 0.25) is 0 Å². The number of nitrogens with one attached hydrogen (secondary N) is 2. The van der Waals surface area contributed by atoms with E-state index in [0.717, 1.165) is 5.56 Å². The van der Waals surface area contributed by atoms with Gasteiger partial charge in [0.2, 0.25) is 5.76 Å². The molecule has 0 spiro atoms. The first-order chi connectivity index (χ1) is 12.6. The Morgan fingerprint density at radius 3 is 2.77 bits per heavy atom. The van der Waals surface area contributed by atoms with Crippen molar-refractivity contribution < 1.29 is 23.4 Å². The van der Waals surface area contributed by atoms with Gasteiger partial charge in [0.05, 0.1) is 20.4 Å². The first kappa shape index (κ1) is 19.3. The third-order valence-electron chi connectivity index (χ3n) is 3.21. The van der Waals surface area contributed by atoms with Crippen LogP contribution < -0.4 is 20.2 Å². The molecule has 0 fully saturated rings. The van der Waals surface area contributed by atoms with Crippen LogP contribution in [0.25, 0.3) is 0 Å². The normalized spacial score (nSPS) is 10.4. The van der Waals surface area contributed by atoms with Gasteiger partial charge in [-0.2, -0.15) is 5.10 Å². The average Bonchev–Trinajstić information content (AvgIpc) is 3.14.